The van der Waals surface area contributed by atoms with Gasteiger partial charge in [-0.05, 0) is 36.1 Å². The highest BCUT2D eigenvalue weighted by molar-refractivity contribution is 5.92. The van der Waals surface area contributed by atoms with Crippen LogP contribution < -0.4 is 10.6 Å². The number of nitrogens with one attached hydrogen (secondary N) is 2. The molecule has 9 nitrogen and oxygen atoms in total. The average Bonchev–Trinajstić information content (AvgIpc) is 3.43. The Labute approximate surface area is 196 Å². The molecule has 1 heterocycles. The Morgan fingerprint density at radius 1 is 1.03 bits per heavy atom. The summed E-state index contributed by atoms with van der Waals surface area (Å²) >= 11 is 0. The molecule has 3 aromatic rings. The molecule has 0 spiro atoms. The van der Waals surface area contributed by atoms with Gasteiger partial charge in [0.2, 0.25) is 0 Å². The highest BCUT2D eigenvalue weighted by Gasteiger charge is 2.30. The number of rotatable bonds is 8. The molecule has 1 aromatic heterocycles. The molecule has 9 heteroatoms. The number of carboxylic acids is 1. The summed E-state index contributed by atoms with van der Waals surface area (Å²) in [6.45, 7) is 3.10. The molecule has 1 aliphatic rings. The number of aliphatic carboxylic acids is 1. The monoisotopic (exact) mass is 463 g/mol. The van der Waals surface area contributed by atoms with Crippen molar-refractivity contribution in [2.45, 2.75) is 26.3 Å². The molecule has 1 aliphatic carbocycles. The van der Waals surface area contributed by atoms with Gasteiger partial charge < -0.3 is 25.0 Å². The molecule has 34 heavy (non-hydrogen) atoms. The van der Waals surface area contributed by atoms with Crippen molar-refractivity contribution in [3.8, 4) is 11.1 Å². The Morgan fingerprint density at radius 3 is 2.26 bits per heavy atom. The summed E-state index contributed by atoms with van der Waals surface area (Å²) in [5, 5.41) is 17.9. The van der Waals surface area contributed by atoms with Crippen molar-refractivity contribution in [3.05, 3.63) is 77.2 Å². The van der Waals surface area contributed by atoms with Crippen LogP contribution in [0.3, 0.4) is 0 Å². The largest absolute Gasteiger partial charge is 0.481 e. The van der Waals surface area contributed by atoms with Gasteiger partial charge in [0.25, 0.3) is 5.91 Å². The summed E-state index contributed by atoms with van der Waals surface area (Å²) in [4.78, 5) is 35.6. The lowest BCUT2D eigenvalue weighted by Crippen LogP contribution is -2.39. The quantitative estimate of drug-likeness (QED) is 0.466. The van der Waals surface area contributed by atoms with Gasteiger partial charge in [-0.2, -0.15) is 0 Å². The third-order valence-corrected chi connectivity index (χ3v) is 5.81. The second kappa shape index (κ2) is 9.38. The van der Waals surface area contributed by atoms with Crippen LogP contribution in [0.25, 0.3) is 11.1 Å². The number of aromatic nitrogens is 1. The Morgan fingerprint density at radius 2 is 1.65 bits per heavy atom. The summed E-state index contributed by atoms with van der Waals surface area (Å²) in [7, 11) is 0. The van der Waals surface area contributed by atoms with Crippen LogP contribution in [0.5, 0.6) is 0 Å². The minimum atomic E-state index is -1.12. The van der Waals surface area contributed by atoms with Crippen molar-refractivity contribution in [2.24, 2.45) is 5.41 Å². The molecule has 0 unspecified atom stereocenters. The normalized spacial score (nSPS) is 12.5. The molecule has 0 saturated heterocycles. The zero-order valence-electron chi connectivity index (χ0n) is 18.8. The molecular formula is C25H25N3O6. The maximum atomic E-state index is 12.3. The zero-order chi connectivity index (χ0) is 24.3. The van der Waals surface area contributed by atoms with Gasteiger partial charge in [0.15, 0.2) is 11.5 Å². The lowest BCUT2D eigenvalue weighted by atomic mass is 9.94. The van der Waals surface area contributed by atoms with Crippen LogP contribution in [0, 0.1) is 5.41 Å². The number of hydrogen-bond donors (Lipinski definition) is 3. The van der Waals surface area contributed by atoms with Gasteiger partial charge in [-0.1, -0.05) is 53.7 Å². The number of fused-ring (bicyclic) bond motifs is 3. The van der Waals surface area contributed by atoms with Gasteiger partial charge in [0.05, 0.1) is 12.0 Å². The van der Waals surface area contributed by atoms with Crippen molar-refractivity contribution < 1.29 is 28.8 Å². The summed E-state index contributed by atoms with van der Waals surface area (Å²) in [6, 6.07) is 17.5. The smallest absolute Gasteiger partial charge is 0.407 e. The number of hydrogen-bond acceptors (Lipinski definition) is 6. The molecule has 3 N–H and O–H groups in total. The predicted octanol–water partition coefficient (Wildman–Crippen LogP) is 3.55. The second-order valence-corrected chi connectivity index (χ2v) is 8.73. The van der Waals surface area contributed by atoms with Gasteiger partial charge in [0, 0.05) is 18.5 Å². The first-order chi connectivity index (χ1) is 16.3. The van der Waals surface area contributed by atoms with Crippen molar-refractivity contribution in [3.63, 3.8) is 0 Å². The van der Waals surface area contributed by atoms with Gasteiger partial charge in [-0.3, -0.25) is 9.59 Å². The Hall–Kier alpha value is -4.14. The lowest BCUT2D eigenvalue weighted by Gasteiger charge is -2.18. The van der Waals surface area contributed by atoms with E-state index in [1.165, 1.54) is 19.9 Å². The fraction of sp³-hybridized carbons (Fsp3) is 0.280. The molecule has 0 atom stereocenters. The van der Waals surface area contributed by atoms with Crippen LogP contribution in [0.2, 0.25) is 0 Å². The number of amides is 2. The Kier molecular flexibility index (Phi) is 6.36. The van der Waals surface area contributed by atoms with Crippen molar-refractivity contribution in [1.82, 2.24) is 15.8 Å². The standard InChI is InChI=1S/C25H25N3O6/c1-25(2,23(30)31)14-27-22(29)21-11-15(34-28-21)12-26-24(32)33-13-20-18-9-5-3-7-16(18)17-8-4-6-10-19(17)20/h3-11,20H,12-14H2,1-2H3,(H,26,32)(H,27,29)(H,30,31). The fourth-order valence-corrected chi connectivity index (χ4v) is 3.78. The fourth-order valence-electron chi connectivity index (χ4n) is 3.78. The van der Waals surface area contributed by atoms with Crippen LogP contribution in [0.15, 0.2) is 59.1 Å². The number of benzene rings is 2. The van der Waals surface area contributed by atoms with E-state index >= 15 is 0 Å². The van der Waals surface area contributed by atoms with Crippen LogP contribution in [0.4, 0.5) is 4.79 Å². The summed E-state index contributed by atoms with van der Waals surface area (Å²) in [5.41, 5.74) is 3.40. The average molecular weight is 463 g/mol. The van der Waals surface area contributed by atoms with E-state index in [1.54, 1.807) is 0 Å². The molecule has 4 rings (SSSR count). The van der Waals surface area contributed by atoms with Crippen molar-refractivity contribution in [1.29, 1.82) is 0 Å². The molecule has 2 aromatic carbocycles. The molecule has 0 fully saturated rings. The number of alkyl carbamates (subject to hydrolysis) is 1. The maximum absolute atomic E-state index is 12.3. The van der Waals surface area contributed by atoms with E-state index in [2.05, 4.69) is 27.9 Å². The van der Waals surface area contributed by atoms with E-state index in [4.69, 9.17) is 14.4 Å². The van der Waals surface area contributed by atoms with Crippen molar-refractivity contribution >= 4 is 18.0 Å². The molecule has 0 radical (unpaired) electrons. The topological polar surface area (TPSA) is 131 Å². The summed E-state index contributed by atoms with van der Waals surface area (Å²) < 4.78 is 10.6. The van der Waals surface area contributed by atoms with Gasteiger partial charge in [0.1, 0.15) is 6.61 Å². The van der Waals surface area contributed by atoms with E-state index in [9.17, 15) is 14.4 Å². The maximum Gasteiger partial charge on any atom is 0.407 e. The molecule has 0 saturated carbocycles. The highest BCUT2D eigenvalue weighted by atomic mass is 16.5. The number of carboxylic acid groups (broad SMARTS) is 1. The van der Waals surface area contributed by atoms with Gasteiger partial charge in [-0.25, -0.2) is 4.79 Å². The van der Waals surface area contributed by atoms with E-state index in [1.807, 2.05) is 36.4 Å². The van der Waals surface area contributed by atoms with Crippen LogP contribution in [-0.2, 0) is 16.1 Å². The Balaban J connectivity index is 1.29. The summed E-state index contributed by atoms with van der Waals surface area (Å²) in [6.07, 6.45) is -0.618. The first kappa shape index (κ1) is 23.0. The Bertz CT molecular complexity index is 1190. The minimum absolute atomic E-state index is 0.00877. The van der Waals surface area contributed by atoms with E-state index in [0.717, 1.165) is 22.3 Å². The number of carbonyl (C=O) groups excluding carboxylic acids is 2. The summed E-state index contributed by atoms with van der Waals surface area (Å²) in [5.74, 6) is -1.38. The zero-order valence-corrected chi connectivity index (χ0v) is 18.8. The van der Waals surface area contributed by atoms with Crippen LogP contribution >= 0.6 is 0 Å². The lowest BCUT2D eigenvalue weighted by molar-refractivity contribution is -0.146. The van der Waals surface area contributed by atoms with E-state index in [0.29, 0.717) is 0 Å². The second-order valence-electron chi connectivity index (χ2n) is 8.73. The predicted molar refractivity (Wildman–Crippen MR) is 122 cm³/mol. The number of nitrogens with zero attached hydrogens (tertiary/aromatic N) is 1. The SMILES string of the molecule is CC(C)(CNC(=O)c1cc(CNC(=O)OCC2c3ccccc3-c3ccccc32)on1)C(=O)O. The van der Waals surface area contributed by atoms with Crippen molar-refractivity contribution in [2.75, 3.05) is 13.2 Å². The highest BCUT2D eigenvalue weighted by Crippen LogP contribution is 2.44. The number of ether oxygens (including phenoxy) is 1. The van der Waals surface area contributed by atoms with E-state index < -0.39 is 23.4 Å². The van der Waals surface area contributed by atoms with E-state index in [-0.39, 0.29) is 37.1 Å². The van der Waals surface area contributed by atoms with Crippen LogP contribution in [-0.4, -0.2) is 41.4 Å². The van der Waals surface area contributed by atoms with Crippen LogP contribution in [0.1, 0.15) is 47.1 Å². The third-order valence-electron chi connectivity index (χ3n) is 5.81. The van der Waals surface area contributed by atoms with Gasteiger partial charge in [-0.15, -0.1) is 0 Å². The molecular weight excluding hydrogens is 438 g/mol. The minimum Gasteiger partial charge on any atom is -0.481 e. The molecule has 2 amide bonds. The molecule has 176 valence electrons. The van der Waals surface area contributed by atoms with Gasteiger partial charge >= 0.3 is 12.1 Å². The third kappa shape index (κ3) is 4.78. The first-order valence-corrected chi connectivity index (χ1v) is 10.8. The number of carbonyl (C=O) groups is 3. The molecule has 0 aliphatic heterocycles. The first-order valence-electron chi connectivity index (χ1n) is 10.8. The molecule has 0 bridgehead atoms.